The zero-order valence-corrected chi connectivity index (χ0v) is 17.4. The van der Waals surface area contributed by atoms with Gasteiger partial charge >= 0.3 is 0 Å². The van der Waals surface area contributed by atoms with Gasteiger partial charge in [0.05, 0.1) is 11.6 Å². The molecule has 6 heteroatoms. The molecule has 0 saturated carbocycles. The molecule has 0 radical (unpaired) electrons. The molecule has 0 unspecified atom stereocenters. The van der Waals surface area contributed by atoms with Crippen LogP contribution < -0.4 is 4.72 Å². The van der Waals surface area contributed by atoms with Crippen LogP contribution in [-0.4, -0.2) is 39.6 Å². The Labute approximate surface area is 167 Å². The topological polar surface area (TPSA) is 49.4 Å². The Balaban J connectivity index is 1.66. The largest absolute Gasteiger partial charge is 0.303 e. The molecule has 2 atom stereocenters. The molecule has 1 saturated heterocycles. The second-order valence-electron chi connectivity index (χ2n) is 7.64. The molecule has 4 nitrogen and oxygen atoms in total. The highest BCUT2D eigenvalue weighted by Crippen LogP contribution is 2.28. The summed E-state index contributed by atoms with van der Waals surface area (Å²) in [4.78, 5) is 2.66. The molecule has 2 aromatic rings. The van der Waals surface area contributed by atoms with Crippen LogP contribution in [-0.2, 0) is 10.0 Å². The van der Waals surface area contributed by atoms with E-state index in [4.69, 9.17) is 0 Å². The second-order valence-corrected chi connectivity index (χ2v) is 9.32. The number of nitrogens with one attached hydrogen (secondary N) is 1. The standard InChI is InChI=1S/C22H29FN2O2S/c1-3-13-25-14-12-20(16-25)19-4-8-21(9-5-19)24-28(26,27)22-10-6-18(7-11-22)17(2)15-23/h4-11,17,20,24H,3,12-16H2,1-2H3/t17-,20-/m1/s1. The summed E-state index contributed by atoms with van der Waals surface area (Å²) in [6.07, 6.45) is 2.32. The number of nitrogens with zero attached hydrogens (tertiary/aromatic N) is 1. The number of anilines is 1. The van der Waals surface area contributed by atoms with Gasteiger partial charge in [0.25, 0.3) is 10.0 Å². The summed E-state index contributed by atoms with van der Waals surface area (Å²) in [5.41, 5.74) is 2.60. The van der Waals surface area contributed by atoms with E-state index in [1.54, 1.807) is 19.1 Å². The van der Waals surface area contributed by atoms with Crippen molar-refractivity contribution >= 4 is 15.7 Å². The van der Waals surface area contributed by atoms with Crippen LogP contribution in [0.2, 0.25) is 0 Å². The van der Waals surface area contributed by atoms with Crippen LogP contribution in [0.5, 0.6) is 0 Å². The number of likely N-dealkylation sites (tertiary alicyclic amines) is 1. The lowest BCUT2D eigenvalue weighted by molar-refractivity contribution is 0.335. The summed E-state index contributed by atoms with van der Waals surface area (Å²) in [5, 5.41) is 0. The molecule has 3 rings (SSSR count). The average molecular weight is 405 g/mol. The van der Waals surface area contributed by atoms with Gasteiger partial charge in [-0.25, -0.2) is 8.42 Å². The van der Waals surface area contributed by atoms with Gasteiger partial charge in [0.15, 0.2) is 0 Å². The summed E-state index contributed by atoms with van der Waals surface area (Å²) in [6, 6.07) is 14.1. The van der Waals surface area contributed by atoms with E-state index in [0.717, 1.165) is 31.6 Å². The van der Waals surface area contributed by atoms with Crippen molar-refractivity contribution in [2.45, 2.75) is 43.4 Å². The highest BCUT2D eigenvalue weighted by atomic mass is 32.2. The molecule has 1 heterocycles. The molecule has 0 spiro atoms. The predicted octanol–water partition coefficient (Wildman–Crippen LogP) is 4.76. The maximum atomic E-state index is 12.8. The van der Waals surface area contributed by atoms with Crippen molar-refractivity contribution in [3.8, 4) is 0 Å². The molecular formula is C22H29FN2O2S. The summed E-state index contributed by atoms with van der Waals surface area (Å²) in [5.74, 6) is 0.281. The van der Waals surface area contributed by atoms with E-state index in [9.17, 15) is 12.8 Å². The molecule has 1 N–H and O–H groups in total. The van der Waals surface area contributed by atoms with Crippen LogP contribution in [0.4, 0.5) is 10.1 Å². The molecule has 1 aliphatic rings. The van der Waals surface area contributed by atoms with Crippen LogP contribution in [0.1, 0.15) is 49.7 Å². The van der Waals surface area contributed by atoms with E-state index < -0.39 is 16.7 Å². The Hall–Kier alpha value is -1.92. The van der Waals surface area contributed by atoms with Crippen molar-refractivity contribution in [3.63, 3.8) is 0 Å². The van der Waals surface area contributed by atoms with Crippen LogP contribution in [0.3, 0.4) is 0 Å². The van der Waals surface area contributed by atoms with Gasteiger partial charge in [0, 0.05) is 18.2 Å². The first-order valence-electron chi connectivity index (χ1n) is 9.94. The molecule has 0 aromatic heterocycles. The molecule has 1 fully saturated rings. The summed E-state index contributed by atoms with van der Waals surface area (Å²) in [7, 11) is -3.66. The Bertz CT molecular complexity index is 866. The second kappa shape index (κ2) is 9.05. The number of halogens is 1. The Morgan fingerprint density at radius 2 is 1.82 bits per heavy atom. The Morgan fingerprint density at radius 3 is 2.43 bits per heavy atom. The highest BCUT2D eigenvalue weighted by Gasteiger charge is 2.23. The van der Waals surface area contributed by atoms with Crippen LogP contribution >= 0.6 is 0 Å². The maximum Gasteiger partial charge on any atom is 0.261 e. The lowest BCUT2D eigenvalue weighted by Crippen LogP contribution is -2.20. The van der Waals surface area contributed by atoms with Crippen molar-refractivity contribution in [1.82, 2.24) is 4.90 Å². The number of alkyl halides is 1. The Morgan fingerprint density at radius 1 is 1.14 bits per heavy atom. The van der Waals surface area contributed by atoms with Gasteiger partial charge in [-0.1, -0.05) is 38.1 Å². The van der Waals surface area contributed by atoms with Crippen molar-refractivity contribution in [1.29, 1.82) is 0 Å². The monoisotopic (exact) mass is 404 g/mol. The number of benzene rings is 2. The van der Waals surface area contributed by atoms with E-state index in [1.165, 1.54) is 24.1 Å². The molecule has 0 bridgehead atoms. The minimum Gasteiger partial charge on any atom is -0.303 e. The first-order chi connectivity index (χ1) is 13.4. The van der Waals surface area contributed by atoms with E-state index in [-0.39, 0.29) is 10.8 Å². The predicted molar refractivity (Wildman–Crippen MR) is 112 cm³/mol. The average Bonchev–Trinajstić information content (AvgIpc) is 3.17. The molecule has 152 valence electrons. The summed E-state index contributed by atoms with van der Waals surface area (Å²) in [6.45, 7) is 6.84. The van der Waals surface area contributed by atoms with E-state index >= 15 is 0 Å². The lowest BCUT2D eigenvalue weighted by Gasteiger charge is -2.15. The molecular weight excluding hydrogens is 375 g/mol. The smallest absolute Gasteiger partial charge is 0.261 e. The fourth-order valence-electron chi connectivity index (χ4n) is 3.73. The van der Waals surface area contributed by atoms with E-state index in [0.29, 0.717) is 11.6 Å². The van der Waals surface area contributed by atoms with Crippen LogP contribution in [0.15, 0.2) is 53.4 Å². The van der Waals surface area contributed by atoms with Crippen molar-refractivity contribution in [3.05, 3.63) is 59.7 Å². The summed E-state index contributed by atoms with van der Waals surface area (Å²) >= 11 is 0. The first-order valence-corrected chi connectivity index (χ1v) is 11.4. The molecule has 0 amide bonds. The van der Waals surface area contributed by atoms with E-state index in [1.807, 2.05) is 24.3 Å². The zero-order chi connectivity index (χ0) is 20.1. The molecule has 28 heavy (non-hydrogen) atoms. The van der Waals surface area contributed by atoms with Gasteiger partial charge in [-0.2, -0.15) is 0 Å². The van der Waals surface area contributed by atoms with Crippen LogP contribution in [0, 0.1) is 0 Å². The van der Waals surface area contributed by atoms with Gasteiger partial charge < -0.3 is 4.90 Å². The molecule has 1 aliphatic heterocycles. The summed E-state index contributed by atoms with van der Waals surface area (Å²) < 4.78 is 40.6. The van der Waals surface area contributed by atoms with E-state index in [2.05, 4.69) is 16.5 Å². The maximum absolute atomic E-state index is 12.8. The minimum absolute atomic E-state index is 0.178. The third-order valence-electron chi connectivity index (χ3n) is 5.44. The van der Waals surface area contributed by atoms with Crippen molar-refractivity contribution in [2.75, 3.05) is 31.0 Å². The molecule has 0 aliphatic carbocycles. The van der Waals surface area contributed by atoms with Gasteiger partial charge in [-0.05, 0) is 67.2 Å². The minimum atomic E-state index is -3.66. The fraction of sp³-hybridized carbons (Fsp3) is 0.455. The van der Waals surface area contributed by atoms with Crippen molar-refractivity contribution in [2.24, 2.45) is 0 Å². The molecule has 2 aromatic carbocycles. The quantitative estimate of drug-likeness (QED) is 0.690. The number of hydrogen-bond acceptors (Lipinski definition) is 3. The highest BCUT2D eigenvalue weighted by molar-refractivity contribution is 7.92. The number of hydrogen-bond donors (Lipinski definition) is 1. The normalized spacial score (nSPS) is 18.9. The number of rotatable bonds is 8. The Kier molecular flexibility index (Phi) is 6.73. The van der Waals surface area contributed by atoms with Gasteiger partial charge in [0.1, 0.15) is 0 Å². The zero-order valence-electron chi connectivity index (χ0n) is 16.6. The van der Waals surface area contributed by atoms with Gasteiger partial charge in [0.2, 0.25) is 0 Å². The fourth-order valence-corrected chi connectivity index (χ4v) is 4.78. The third kappa shape index (κ3) is 4.92. The number of sulfonamides is 1. The van der Waals surface area contributed by atoms with Gasteiger partial charge in [-0.3, -0.25) is 9.11 Å². The van der Waals surface area contributed by atoms with Crippen molar-refractivity contribution < 1.29 is 12.8 Å². The van der Waals surface area contributed by atoms with Crippen LogP contribution in [0.25, 0.3) is 0 Å². The van der Waals surface area contributed by atoms with Gasteiger partial charge in [-0.15, -0.1) is 0 Å². The SMILES string of the molecule is CCCN1CC[C@@H](c2ccc(NS(=O)(=O)c3ccc([C@H](C)CF)cc3)cc2)C1. The first kappa shape index (κ1) is 20.8. The third-order valence-corrected chi connectivity index (χ3v) is 6.83. The lowest BCUT2D eigenvalue weighted by atomic mass is 9.98.